The highest BCUT2D eigenvalue weighted by Gasteiger charge is 2.09. The molecular formula is C20H25NO3. The lowest BCUT2D eigenvalue weighted by molar-refractivity contribution is -0.116. The number of carbonyl (C=O) groups excluding carboxylic acids is 1. The highest BCUT2D eigenvalue weighted by Crippen LogP contribution is 2.28. The van der Waals surface area contributed by atoms with Crippen molar-refractivity contribution in [3.63, 3.8) is 0 Å². The van der Waals surface area contributed by atoms with Crippen LogP contribution in [0.4, 0.5) is 5.69 Å². The predicted molar refractivity (Wildman–Crippen MR) is 97.0 cm³/mol. The van der Waals surface area contributed by atoms with Crippen molar-refractivity contribution in [3.8, 4) is 11.5 Å². The molecule has 4 nitrogen and oxygen atoms in total. The number of rotatable bonds is 7. The molecule has 2 aromatic rings. The monoisotopic (exact) mass is 327 g/mol. The average molecular weight is 327 g/mol. The Balaban J connectivity index is 1.97. The Morgan fingerprint density at radius 1 is 1.12 bits per heavy atom. The second-order valence-electron chi connectivity index (χ2n) is 5.71. The van der Waals surface area contributed by atoms with Crippen LogP contribution >= 0.6 is 0 Å². The minimum atomic E-state index is 0.0107. The molecular weight excluding hydrogens is 302 g/mol. The number of benzene rings is 2. The van der Waals surface area contributed by atoms with Crippen LogP contribution in [0, 0.1) is 13.8 Å². The number of hydrogen-bond acceptors (Lipinski definition) is 3. The minimum Gasteiger partial charge on any atom is -0.493 e. The number of amides is 1. The third-order valence-corrected chi connectivity index (χ3v) is 4.05. The number of aryl methyl sites for hydroxylation is 2. The molecule has 0 saturated heterocycles. The van der Waals surface area contributed by atoms with Crippen molar-refractivity contribution in [1.82, 2.24) is 0 Å². The van der Waals surface area contributed by atoms with E-state index in [9.17, 15) is 4.79 Å². The number of methoxy groups -OCH3 is 1. The van der Waals surface area contributed by atoms with Crippen molar-refractivity contribution in [1.29, 1.82) is 0 Å². The average Bonchev–Trinajstić information content (AvgIpc) is 2.58. The van der Waals surface area contributed by atoms with Gasteiger partial charge in [-0.1, -0.05) is 18.2 Å². The molecule has 0 aliphatic rings. The number of nitrogens with one attached hydrogen (secondary N) is 1. The van der Waals surface area contributed by atoms with Gasteiger partial charge in [-0.3, -0.25) is 4.79 Å². The summed E-state index contributed by atoms with van der Waals surface area (Å²) in [5.41, 5.74) is 4.20. The molecule has 2 aromatic carbocycles. The van der Waals surface area contributed by atoms with Gasteiger partial charge >= 0.3 is 0 Å². The first kappa shape index (κ1) is 17.9. The van der Waals surface area contributed by atoms with Gasteiger partial charge in [0.1, 0.15) is 0 Å². The third-order valence-electron chi connectivity index (χ3n) is 4.05. The maximum absolute atomic E-state index is 12.2. The van der Waals surface area contributed by atoms with E-state index in [0.29, 0.717) is 25.2 Å². The SMILES string of the molecule is CCOc1ccc(CCC(=O)Nc2cccc(C)c2C)cc1OC. The Bertz CT molecular complexity index is 710. The number of anilines is 1. The van der Waals surface area contributed by atoms with Crippen molar-refractivity contribution in [2.45, 2.75) is 33.6 Å². The van der Waals surface area contributed by atoms with Gasteiger partial charge in [-0.15, -0.1) is 0 Å². The van der Waals surface area contributed by atoms with E-state index < -0.39 is 0 Å². The largest absolute Gasteiger partial charge is 0.493 e. The fourth-order valence-electron chi connectivity index (χ4n) is 2.50. The first-order valence-corrected chi connectivity index (χ1v) is 8.21. The van der Waals surface area contributed by atoms with E-state index in [1.165, 1.54) is 5.56 Å². The van der Waals surface area contributed by atoms with Gasteiger partial charge in [0.15, 0.2) is 11.5 Å². The zero-order valence-corrected chi connectivity index (χ0v) is 14.8. The Labute approximate surface area is 143 Å². The first-order chi connectivity index (χ1) is 11.5. The number of hydrogen-bond donors (Lipinski definition) is 1. The van der Waals surface area contributed by atoms with Crippen molar-refractivity contribution in [2.24, 2.45) is 0 Å². The van der Waals surface area contributed by atoms with E-state index in [4.69, 9.17) is 9.47 Å². The van der Waals surface area contributed by atoms with Crippen LogP contribution in [0.2, 0.25) is 0 Å². The van der Waals surface area contributed by atoms with Crippen molar-refractivity contribution >= 4 is 11.6 Å². The Kier molecular flexibility index (Phi) is 6.24. The van der Waals surface area contributed by atoms with Gasteiger partial charge < -0.3 is 14.8 Å². The van der Waals surface area contributed by atoms with Crippen LogP contribution in [0.5, 0.6) is 11.5 Å². The molecule has 0 saturated carbocycles. The summed E-state index contributed by atoms with van der Waals surface area (Å²) in [6.07, 6.45) is 1.07. The molecule has 0 spiro atoms. The van der Waals surface area contributed by atoms with Crippen LogP contribution in [0.15, 0.2) is 36.4 Å². The second-order valence-corrected chi connectivity index (χ2v) is 5.71. The molecule has 0 aromatic heterocycles. The number of carbonyl (C=O) groups is 1. The van der Waals surface area contributed by atoms with Crippen molar-refractivity contribution in [2.75, 3.05) is 19.0 Å². The van der Waals surface area contributed by atoms with Gasteiger partial charge in [0, 0.05) is 12.1 Å². The van der Waals surface area contributed by atoms with E-state index >= 15 is 0 Å². The molecule has 128 valence electrons. The smallest absolute Gasteiger partial charge is 0.224 e. The second kappa shape index (κ2) is 8.39. The van der Waals surface area contributed by atoms with Gasteiger partial charge in [0.05, 0.1) is 13.7 Å². The Morgan fingerprint density at radius 2 is 1.92 bits per heavy atom. The van der Waals surface area contributed by atoms with Gasteiger partial charge in [-0.2, -0.15) is 0 Å². The molecule has 0 heterocycles. The summed E-state index contributed by atoms with van der Waals surface area (Å²) in [6, 6.07) is 11.7. The van der Waals surface area contributed by atoms with Gasteiger partial charge in [0.2, 0.25) is 5.91 Å². The summed E-state index contributed by atoms with van der Waals surface area (Å²) in [5, 5.41) is 2.99. The van der Waals surface area contributed by atoms with E-state index in [0.717, 1.165) is 22.6 Å². The molecule has 0 unspecified atom stereocenters. The molecule has 1 amide bonds. The molecule has 0 aliphatic heterocycles. The van der Waals surface area contributed by atoms with Crippen LogP contribution in [-0.4, -0.2) is 19.6 Å². The highest BCUT2D eigenvalue weighted by molar-refractivity contribution is 5.91. The maximum atomic E-state index is 12.2. The highest BCUT2D eigenvalue weighted by atomic mass is 16.5. The number of ether oxygens (including phenoxy) is 2. The lowest BCUT2D eigenvalue weighted by Crippen LogP contribution is -2.13. The molecule has 0 radical (unpaired) electrons. The normalized spacial score (nSPS) is 10.3. The Morgan fingerprint density at radius 3 is 2.62 bits per heavy atom. The molecule has 0 aliphatic carbocycles. The summed E-state index contributed by atoms with van der Waals surface area (Å²) in [7, 11) is 1.62. The van der Waals surface area contributed by atoms with Gasteiger partial charge in [-0.25, -0.2) is 0 Å². The summed E-state index contributed by atoms with van der Waals surface area (Å²) in [5.74, 6) is 1.43. The zero-order chi connectivity index (χ0) is 17.5. The third kappa shape index (κ3) is 4.51. The molecule has 4 heteroatoms. The zero-order valence-electron chi connectivity index (χ0n) is 14.8. The van der Waals surface area contributed by atoms with Crippen LogP contribution in [0.1, 0.15) is 30.0 Å². The first-order valence-electron chi connectivity index (χ1n) is 8.21. The summed E-state index contributed by atoms with van der Waals surface area (Å²) in [4.78, 5) is 12.2. The van der Waals surface area contributed by atoms with Gasteiger partial charge in [-0.05, 0) is 62.1 Å². The lowest BCUT2D eigenvalue weighted by atomic mass is 10.1. The Hall–Kier alpha value is -2.49. The molecule has 0 atom stereocenters. The van der Waals surface area contributed by atoms with E-state index in [2.05, 4.69) is 5.32 Å². The predicted octanol–water partition coefficient (Wildman–Crippen LogP) is 4.28. The van der Waals surface area contributed by atoms with E-state index in [1.807, 2.05) is 57.2 Å². The molecule has 0 fully saturated rings. The van der Waals surface area contributed by atoms with Crippen LogP contribution in [-0.2, 0) is 11.2 Å². The molecule has 1 N–H and O–H groups in total. The van der Waals surface area contributed by atoms with Crippen molar-refractivity contribution < 1.29 is 14.3 Å². The topological polar surface area (TPSA) is 47.6 Å². The summed E-state index contributed by atoms with van der Waals surface area (Å²) in [6.45, 7) is 6.58. The standard InChI is InChI=1S/C20H25NO3/c1-5-24-18-11-9-16(13-19(18)23-4)10-12-20(22)21-17-8-6-7-14(2)15(17)3/h6-9,11,13H,5,10,12H2,1-4H3,(H,21,22). The van der Waals surface area contributed by atoms with Gasteiger partial charge in [0.25, 0.3) is 0 Å². The quantitative estimate of drug-likeness (QED) is 0.825. The van der Waals surface area contributed by atoms with Crippen LogP contribution in [0.25, 0.3) is 0 Å². The fourth-order valence-corrected chi connectivity index (χ4v) is 2.50. The van der Waals surface area contributed by atoms with E-state index in [1.54, 1.807) is 7.11 Å². The summed E-state index contributed by atoms with van der Waals surface area (Å²) < 4.78 is 10.9. The lowest BCUT2D eigenvalue weighted by Gasteiger charge is -2.12. The molecule has 24 heavy (non-hydrogen) atoms. The van der Waals surface area contributed by atoms with Crippen LogP contribution < -0.4 is 14.8 Å². The molecule has 0 bridgehead atoms. The molecule has 2 rings (SSSR count). The summed E-state index contributed by atoms with van der Waals surface area (Å²) >= 11 is 0. The maximum Gasteiger partial charge on any atom is 0.224 e. The van der Waals surface area contributed by atoms with E-state index in [-0.39, 0.29) is 5.91 Å². The van der Waals surface area contributed by atoms with Crippen LogP contribution in [0.3, 0.4) is 0 Å². The fraction of sp³-hybridized carbons (Fsp3) is 0.350. The van der Waals surface area contributed by atoms with Crippen molar-refractivity contribution in [3.05, 3.63) is 53.1 Å². The minimum absolute atomic E-state index is 0.0107.